The van der Waals surface area contributed by atoms with Crippen molar-refractivity contribution in [1.82, 2.24) is 15.2 Å². The predicted molar refractivity (Wildman–Crippen MR) is 113 cm³/mol. The van der Waals surface area contributed by atoms with Crippen molar-refractivity contribution in [1.29, 1.82) is 0 Å². The van der Waals surface area contributed by atoms with E-state index >= 15 is 0 Å². The summed E-state index contributed by atoms with van der Waals surface area (Å²) in [6.45, 7) is 1.15. The van der Waals surface area contributed by atoms with E-state index in [2.05, 4.69) is 0 Å². The van der Waals surface area contributed by atoms with Gasteiger partial charge in [0.2, 0.25) is 10.0 Å². The highest BCUT2D eigenvalue weighted by Crippen LogP contribution is 2.21. The number of carbonyl (C=O) groups excluding carboxylic acids is 2. The lowest BCUT2D eigenvalue weighted by molar-refractivity contribution is -0.385. The molecule has 0 aliphatic carbocycles. The van der Waals surface area contributed by atoms with E-state index in [-0.39, 0.29) is 10.5 Å². The van der Waals surface area contributed by atoms with Gasteiger partial charge in [-0.1, -0.05) is 17.7 Å². The van der Waals surface area contributed by atoms with E-state index in [1.165, 1.54) is 19.2 Å². The summed E-state index contributed by atoms with van der Waals surface area (Å²) in [5.41, 5.74) is 3.79. The van der Waals surface area contributed by atoms with Crippen molar-refractivity contribution in [2.75, 3.05) is 19.8 Å². The first-order valence-corrected chi connectivity index (χ1v) is 12.2. The van der Waals surface area contributed by atoms with Gasteiger partial charge >= 0.3 is 0 Å². The third-order valence-electron chi connectivity index (χ3n) is 4.20. The van der Waals surface area contributed by atoms with Crippen LogP contribution in [0.2, 0.25) is 0 Å². The maximum absolute atomic E-state index is 12.5. The maximum Gasteiger partial charge on any atom is 0.271 e. The predicted octanol–water partition coefficient (Wildman–Crippen LogP) is 0.388. The molecule has 0 spiro atoms. The van der Waals surface area contributed by atoms with Crippen LogP contribution in [0.3, 0.4) is 0 Å². The number of sulfone groups is 1. The highest BCUT2D eigenvalue weighted by Gasteiger charge is 2.24. The number of nitrogens with zero attached hydrogens (tertiary/aromatic N) is 2. The third-order valence-corrected chi connectivity index (χ3v) is 7.11. The number of non-ortho nitro benzene ring substituents is 1. The molecule has 0 aliphatic heterocycles. The Morgan fingerprint density at radius 2 is 1.59 bits per heavy atom. The Balaban J connectivity index is 2.09. The fraction of sp³-hybridized carbons (Fsp3) is 0.222. The monoisotopic (exact) mass is 484 g/mol. The van der Waals surface area contributed by atoms with Crippen LogP contribution in [0.25, 0.3) is 0 Å². The number of rotatable bonds is 7. The first-order chi connectivity index (χ1) is 14.7. The molecule has 0 aromatic heterocycles. The molecule has 0 radical (unpaired) electrons. The highest BCUT2D eigenvalue weighted by molar-refractivity contribution is 7.90. The number of nitro benzene ring substituents is 1. The van der Waals surface area contributed by atoms with Gasteiger partial charge in [-0.05, 0) is 25.1 Å². The second-order valence-electron chi connectivity index (χ2n) is 6.82. The van der Waals surface area contributed by atoms with E-state index in [0.29, 0.717) is 0 Å². The smallest absolute Gasteiger partial charge is 0.271 e. The van der Waals surface area contributed by atoms with Gasteiger partial charge in [-0.15, -0.1) is 0 Å². The van der Waals surface area contributed by atoms with Gasteiger partial charge < -0.3 is 0 Å². The molecular weight excluding hydrogens is 464 g/mol. The van der Waals surface area contributed by atoms with E-state index in [1.807, 2.05) is 10.9 Å². The standard InChI is InChI=1S/C18H20N4O8S2/c1-12-4-6-15(7-5-12)32(29,30)21(2)11-17(23)19-20-18(24)13-8-14(22(25)26)10-16(9-13)31(3,27)28/h4-10H,11H2,1-3H3,(H,19,23)(H,20,24). The van der Waals surface area contributed by atoms with Crippen LogP contribution in [-0.4, -0.2) is 57.7 Å². The number of hydrogen-bond acceptors (Lipinski definition) is 8. The van der Waals surface area contributed by atoms with Crippen molar-refractivity contribution in [3.8, 4) is 0 Å². The van der Waals surface area contributed by atoms with Gasteiger partial charge in [0.05, 0.1) is 21.3 Å². The van der Waals surface area contributed by atoms with Crippen LogP contribution in [0.15, 0.2) is 52.3 Å². The fourth-order valence-electron chi connectivity index (χ4n) is 2.45. The lowest BCUT2D eigenvalue weighted by atomic mass is 10.2. The molecule has 2 rings (SSSR count). The number of nitro groups is 1. The van der Waals surface area contributed by atoms with Crippen LogP contribution in [0, 0.1) is 17.0 Å². The minimum absolute atomic E-state index is 0.0210. The first-order valence-electron chi connectivity index (χ1n) is 8.83. The van der Waals surface area contributed by atoms with Gasteiger partial charge in [0.1, 0.15) is 0 Å². The van der Waals surface area contributed by atoms with Crippen LogP contribution < -0.4 is 10.9 Å². The Morgan fingerprint density at radius 3 is 2.12 bits per heavy atom. The zero-order valence-electron chi connectivity index (χ0n) is 17.2. The molecule has 0 aliphatic rings. The summed E-state index contributed by atoms with van der Waals surface area (Å²) in [5.74, 6) is -1.93. The lowest BCUT2D eigenvalue weighted by Crippen LogP contribution is -2.46. The zero-order valence-corrected chi connectivity index (χ0v) is 18.9. The van der Waals surface area contributed by atoms with Crippen molar-refractivity contribution in [3.63, 3.8) is 0 Å². The fourth-order valence-corrected chi connectivity index (χ4v) is 4.25. The summed E-state index contributed by atoms with van der Waals surface area (Å²) in [4.78, 5) is 34.0. The van der Waals surface area contributed by atoms with Crippen molar-refractivity contribution in [2.24, 2.45) is 0 Å². The zero-order chi connectivity index (χ0) is 24.3. The van der Waals surface area contributed by atoms with Crippen LogP contribution >= 0.6 is 0 Å². The SMILES string of the molecule is Cc1ccc(S(=O)(=O)N(C)CC(=O)NNC(=O)c2cc([N+](=O)[O-])cc(S(C)(=O)=O)c2)cc1. The molecule has 2 amide bonds. The largest absolute Gasteiger partial charge is 0.272 e. The van der Waals surface area contributed by atoms with Crippen molar-refractivity contribution in [2.45, 2.75) is 16.7 Å². The van der Waals surface area contributed by atoms with Gasteiger partial charge in [-0.3, -0.25) is 30.6 Å². The lowest BCUT2D eigenvalue weighted by Gasteiger charge is -2.17. The third kappa shape index (κ3) is 6.09. The van der Waals surface area contributed by atoms with E-state index in [4.69, 9.17) is 0 Å². The van der Waals surface area contributed by atoms with Crippen LogP contribution in [0.5, 0.6) is 0 Å². The van der Waals surface area contributed by atoms with Gasteiger partial charge in [-0.2, -0.15) is 4.31 Å². The van der Waals surface area contributed by atoms with Crippen molar-refractivity contribution in [3.05, 3.63) is 63.7 Å². The molecule has 172 valence electrons. The Hall–Kier alpha value is -3.36. The first kappa shape index (κ1) is 24.9. The number of likely N-dealkylation sites (N-methyl/N-ethyl adjacent to an activating group) is 1. The van der Waals surface area contributed by atoms with Crippen LogP contribution in [0.4, 0.5) is 5.69 Å². The molecule has 14 heteroatoms. The molecule has 0 saturated carbocycles. The summed E-state index contributed by atoms with van der Waals surface area (Å²) < 4.78 is 49.2. The number of nitrogens with one attached hydrogen (secondary N) is 2. The summed E-state index contributed by atoms with van der Waals surface area (Å²) in [6.07, 6.45) is 0.819. The molecule has 12 nitrogen and oxygen atoms in total. The van der Waals surface area contributed by atoms with Crippen molar-refractivity contribution >= 4 is 37.4 Å². The minimum atomic E-state index is -3.96. The summed E-state index contributed by atoms with van der Waals surface area (Å²) in [6, 6.07) is 8.54. The van der Waals surface area contributed by atoms with Gasteiger partial charge in [-0.25, -0.2) is 16.8 Å². The van der Waals surface area contributed by atoms with Crippen molar-refractivity contribution < 1.29 is 31.3 Å². The number of benzene rings is 2. The average Bonchev–Trinajstić information content (AvgIpc) is 2.71. The summed E-state index contributed by atoms with van der Waals surface area (Å²) in [5, 5.41) is 11.0. The quantitative estimate of drug-likeness (QED) is 0.419. The van der Waals surface area contributed by atoms with Gasteiger partial charge in [0, 0.05) is 31.0 Å². The highest BCUT2D eigenvalue weighted by atomic mass is 32.2. The van der Waals surface area contributed by atoms with Gasteiger partial charge in [0.25, 0.3) is 17.5 Å². The Morgan fingerprint density at radius 1 is 1.00 bits per heavy atom. The molecule has 2 aromatic carbocycles. The summed E-state index contributed by atoms with van der Waals surface area (Å²) in [7, 11) is -6.64. The number of carbonyl (C=O) groups is 2. The Bertz CT molecular complexity index is 1270. The van der Waals surface area contributed by atoms with E-state index in [0.717, 1.165) is 34.3 Å². The summed E-state index contributed by atoms with van der Waals surface area (Å²) >= 11 is 0. The topological polar surface area (TPSA) is 173 Å². The minimum Gasteiger partial charge on any atom is -0.272 e. The molecule has 0 atom stereocenters. The molecule has 0 unspecified atom stereocenters. The molecule has 0 fully saturated rings. The number of sulfonamides is 1. The molecule has 0 heterocycles. The molecular formula is C18H20N4O8S2. The van der Waals surface area contributed by atoms with Crippen LogP contribution in [0.1, 0.15) is 15.9 Å². The van der Waals surface area contributed by atoms with Crippen LogP contribution in [-0.2, 0) is 24.7 Å². The maximum atomic E-state index is 12.5. The Kier molecular flexibility index (Phi) is 7.33. The molecule has 0 bridgehead atoms. The van der Waals surface area contributed by atoms with Gasteiger partial charge in [0.15, 0.2) is 9.84 Å². The number of hydrogen-bond donors (Lipinski definition) is 2. The van der Waals surface area contributed by atoms with E-state index in [1.54, 1.807) is 19.1 Å². The van der Waals surface area contributed by atoms with E-state index < -0.39 is 53.7 Å². The normalized spacial score (nSPS) is 11.8. The second kappa shape index (κ2) is 9.42. The average molecular weight is 485 g/mol. The molecule has 2 N–H and O–H groups in total. The molecule has 2 aromatic rings. The molecule has 0 saturated heterocycles. The Labute approximate surface area is 184 Å². The van der Waals surface area contributed by atoms with E-state index in [9.17, 15) is 36.5 Å². The number of amides is 2. The number of aryl methyl sites for hydroxylation is 1. The number of hydrazine groups is 1. The second-order valence-corrected chi connectivity index (χ2v) is 10.9. The molecule has 32 heavy (non-hydrogen) atoms.